The van der Waals surface area contributed by atoms with Crippen LogP contribution in [0, 0.1) is 0 Å². The Morgan fingerprint density at radius 3 is 1.08 bits per heavy atom. The SMILES string of the molecule is C=CCc1cc(CC=C)cc(P(Cl)c2cc(CC=C)cc(CC=C)c2)c1. The number of rotatable bonds is 10. The zero-order valence-corrected chi connectivity index (χ0v) is 16.9. The van der Waals surface area contributed by atoms with Crippen molar-refractivity contribution in [3.63, 3.8) is 0 Å². The lowest BCUT2D eigenvalue weighted by atomic mass is 10.1. The van der Waals surface area contributed by atoms with E-state index in [9.17, 15) is 0 Å². The van der Waals surface area contributed by atoms with Crippen molar-refractivity contribution < 1.29 is 0 Å². The van der Waals surface area contributed by atoms with E-state index in [-0.39, 0.29) is 0 Å². The van der Waals surface area contributed by atoms with Gasteiger partial charge in [-0.2, -0.15) is 0 Å². The molecule has 0 spiro atoms. The highest BCUT2D eigenvalue weighted by atomic mass is 35.7. The highest BCUT2D eigenvalue weighted by molar-refractivity contribution is 7.95. The molecule has 134 valence electrons. The van der Waals surface area contributed by atoms with E-state index in [1.165, 1.54) is 32.9 Å². The average Bonchev–Trinajstić information content (AvgIpc) is 2.62. The van der Waals surface area contributed by atoms with Gasteiger partial charge in [0.1, 0.15) is 0 Å². The fourth-order valence-electron chi connectivity index (χ4n) is 3.00. The molecule has 26 heavy (non-hydrogen) atoms. The van der Waals surface area contributed by atoms with Crippen LogP contribution in [-0.4, -0.2) is 0 Å². The van der Waals surface area contributed by atoms with Crippen molar-refractivity contribution in [2.24, 2.45) is 0 Å². The highest BCUT2D eigenvalue weighted by Crippen LogP contribution is 2.40. The van der Waals surface area contributed by atoms with E-state index in [0.29, 0.717) is 0 Å². The van der Waals surface area contributed by atoms with Crippen LogP contribution in [0.25, 0.3) is 0 Å². The molecule has 0 aliphatic carbocycles. The van der Waals surface area contributed by atoms with Crippen molar-refractivity contribution in [2.45, 2.75) is 25.7 Å². The second-order valence-electron chi connectivity index (χ2n) is 6.27. The Morgan fingerprint density at radius 1 is 0.577 bits per heavy atom. The average molecular weight is 381 g/mol. The lowest BCUT2D eigenvalue weighted by Crippen LogP contribution is -2.12. The standard InChI is InChI=1S/C24H26ClP/c1-5-9-19-13-20(10-6-2)16-23(15-19)26(25)24-17-21(11-7-3)14-22(18-24)12-8-4/h5-8,13-18H,1-4,9-12H2. The van der Waals surface area contributed by atoms with Crippen LogP contribution in [0.4, 0.5) is 0 Å². The van der Waals surface area contributed by atoms with Gasteiger partial charge in [0.2, 0.25) is 0 Å². The maximum absolute atomic E-state index is 6.98. The summed E-state index contributed by atoms with van der Waals surface area (Å²) >= 11 is 6.98. The summed E-state index contributed by atoms with van der Waals surface area (Å²) in [6.45, 7) is 15.4. The quantitative estimate of drug-likeness (QED) is 0.340. The summed E-state index contributed by atoms with van der Waals surface area (Å²) < 4.78 is 0. The van der Waals surface area contributed by atoms with Crippen LogP contribution in [0.15, 0.2) is 87.0 Å². The van der Waals surface area contributed by atoms with Crippen LogP contribution in [-0.2, 0) is 25.7 Å². The molecule has 0 fully saturated rings. The van der Waals surface area contributed by atoms with Crippen molar-refractivity contribution in [1.82, 2.24) is 0 Å². The summed E-state index contributed by atoms with van der Waals surface area (Å²) in [6, 6.07) is 13.3. The molecule has 2 heteroatoms. The summed E-state index contributed by atoms with van der Waals surface area (Å²) in [4.78, 5) is 0. The second kappa shape index (κ2) is 10.3. The molecule has 0 bridgehead atoms. The third kappa shape index (κ3) is 5.56. The van der Waals surface area contributed by atoms with Crippen molar-refractivity contribution >= 4 is 29.1 Å². The van der Waals surface area contributed by atoms with Gasteiger partial charge in [0.25, 0.3) is 0 Å². The van der Waals surface area contributed by atoms with E-state index in [2.05, 4.69) is 62.7 Å². The van der Waals surface area contributed by atoms with Crippen LogP contribution in [0.2, 0.25) is 0 Å². The second-order valence-corrected chi connectivity index (χ2v) is 8.88. The molecule has 0 saturated carbocycles. The first kappa shape index (κ1) is 20.4. The topological polar surface area (TPSA) is 0 Å². The number of allylic oxidation sites excluding steroid dienone is 4. The summed E-state index contributed by atoms with van der Waals surface area (Å²) in [5.74, 6) is 0. The summed E-state index contributed by atoms with van der Waals surface area (Å²) in [7, 11) is -0.943. The lowest BCUT2D eigenvalue weighted by Gasteiger charge is -2.16. The zero-order valence-electron chi connectivity index (χ0n) is 15.3. The van der Waals surface area contributed by atoms with Gasteiger partial charge in [0.15, 0.2) is 0 Å². The first-order valence-corrected chi connectivity index (χ1v) is 11.0. The molecule has 0 aromatic heterocycles. The van der Waals surface area contributed by atoms with Crippen molar-refractivity contribution in [3.05, 3.63) is 109 Å². The number of halogens is 1. The largest absolute Gasteiger partial charge is 0.103 e. The van der Waals surface area contributed by atoms with Crippen molar-refractivity contribution in [3.8, 4) is 0 Å². The van der Waals surface area contributed by atoms with Crippen molar-refractivity contribution in [2.75, 3.05) is 0 Å². The van der Waals surface area contributed by atoms with Crippen LogP contribution >= 0.6 is 18.5 Å². The van der Waals surface area contributed by atoms with E-state index >= 15 is 0 Å². The lowest BCUT2D eigenvalue weighted by molar-refractivity contribution is 1.21. The van der Waals surface area contributed by atoms with E-state index in [1.807, 2.05) is 24.3 Å². The predicted molar refractivity (Wildman–Crippen MR) is 121 cm³/mol. The molecule has 0 atom stereocenters. The van der Waals surface area contributed by atoms with E-state index < -0.39 is 7.27 Å². The minimum Gasteiger partial charge on any atom is -0.103 e. The smallest absolute Gasteiger partial charge is 0.0524 e. The van der Waals surface area contributed by atoms with Gasteiger partial charge < -0.3 is 0 Å². The molecule has 0 amide bonds. The fourth-order valence-corrected chi connectivity index (χ4v) is 5.00. The van der Waals surface area contributed by atoms with Gasteiger partial charge in [-0.05, 0) is 82.8 Å². The van der Waals surface area contributed by atoms with Gasteiger partial charge in [0, 0.05) is 0 Å². The van der Waals surface area contributed by atoms with Crippen LogP contribution < -0.4 is 10.6 Å². The highest BCUT2D eigenvalue weighted by Gasteiger charge is 2.14. The van der Waals surface area contributed by atoms with Crippen molar-refractivity contribution in [1.29, 1.82) is 0 Å². The molecule has 0 aliphatic rings. The Kier molecular flexibility index (Phi) is 8.10. The van der Waals surface area contributed by atoms with Gasteiger partial charge in [-0.3, -0.25) is 0 Å². The van der Waals surface area contributed by atoms with E-state index in [0.717, 1.165) is 25.7 Å². The Labute approximate surface area is 164 Å². The molecule has 0 saturated heterocycles. The summed E-state index contributed by atoms with van der Waals surface area (Å²) in [5, 5.41) is 2.36. The van der Waals surface area contributed by atoms with Gasteiger partial charge in [-0.15, -0.1) is 26.3 Å². The maximum Gasteiger partial charge on any atom is 0.0524 e. The molecular formula is C24H26ClP. The van der Waals surface area contributed by atoms with Gasteiger partial charge in [-0.25, -0.2) is 0 Å². The maximum atomic E-state index is 6.98. The minimum absolute atomic E-state index is 0.844. The van der Waals surface area contributed by atoms with Crippen LogP contribution in [0.5, 0.6) is 0 Å². The van der Waals surface area contributed by atoms with Crippen LogP contribution in [0.3, 0.4) is 0 Å². The first-order chi connectivity index (χ1) is 12.6. The molecule has 0 heterocycles. The predicted octanol–water partition coefficient (Wildman–Crippen LogP) is 6.19. The molecule has 0 N–H and O–H groups in total. The Hall–Kier alpha value is -1.88. The number of hydrogen-bond acceptors (Lipinski definition) is 0. The third-order valence-electron chi connectivity index (χ3n) is 4.05. The van der Waals surface area contributed by atoms with Gasteiger partial charge in [0.05, 0.1) is 7.27 Å². The summed E-state index contributed by atoms with van der Waals surface area (Å²) in [6.07, 6.45) is 11.1. The molecule has 2 aromatic carbocycles. The van der Waals surface area contributed by atoms with Gasteiger partial charge >= 0.3 is 0 Å². The minimum atomic E-state index is -0.943. The first-order valence-electron chi connectivity index (χ1n) is 8.76. The Balaban J connectivity index is 2.47. The molecular weight excluding hydrogens is 355 g/mol. The molecule has 0 nitrogen and oxygen atoms in total. The Morgan fingerprint density at radius 2 is 0.846 bits per heavy atom. The molecule has 0 unspecified atom stereocenters. The van der Waals surface area contributed by atoms with E-state index in [1.54, 1.807) is 0 Å². The fraction of sp³-hybridized carbons (Fsp3) is 0.167. The van der Waals surface area contributed by atoms with Crippen LogP contribution in [0.1, 0.15) is 22.3 Å². The third-order valence-corrected chi connectivity index (χ3v) is 6.64. The monoisotopic (exact) mass is 380 g/mol. The Bertz CT molecular complexity index is 680. The zero-order chi connectivity index (χ0) is 18.9. The molecule has 0 radical (unpaired) electrons. The number of hydrogen-bond donors (Lipinski definition) is 0. The van der Waals surface area contributed by atoms with Gasteiger partial charge in [-0.1, -0.05) is 47.7 Å². The normalized spacial score (nSPS) is 10.5. The summed E-state index contributed by atoms with van der Waals surface area (Å²) in [5.41, 5.74) is 4.99. The molecule has 2 rings (SSSR count). The van der Waals surface area contributed by atoms with E-state index in [4.69, 9.17) is 11.2 Å². The molecule has 2 aromatic rings. The number of benzene rings is 2. The molecule has 0 aliphatic heterocycles.